The van der Waals surface area contributed by atoms with E-state index in [9.17, 15) is 31.1 Å². The number of piperidine rings is 3. The first-order valence-corrected chi connectivity index (χ1v) is 16.0. The number of alkyl halides is 6. The number of hydrogen-bond acceptors (Lipinski definition) is 5. The van der Waals surface area contributed by atoms with E-state index in [2.05, 4.69) is 32.4 Å². The van der Waals surface area contributed by atoms with Gasteiger partial charge in [0.2, 0.25) is 5.91 Å². The van der Waals surface area contributed by atoms with Crippen LogP contribution in [0.25, 0.3) is 10.9 Å². The van der Waals surface area contributed by atoms with E-state index >= 15 is 0 Å². The number of rotatable bonds is 9. The predicted molar refractivity (Wildman–Crippen MR) is 175 cm³/mol. The number of carbonyl (C=O) groups excluding carboxylic acids is 1. The van der Waals surface area contributed by atoms with Crippen molar-refractivity contribution in [2.45, 2.75) is 57.2 Å². The van der Waals surface area contributed by atoms with E-state index in [1.165, 1.54) is 0 Å². The molecule has 3 saturated heterocycles. The molecule has 3 fully saturated rings. The second kappa shape index (κ2) is 13.9. The summed E-state index contributed by atoms with van der Waals surface area (Å²) in [4.78, 5) is 21.0. The number of hydrogen-bond donors (Lipinski definition) is 3. The zero-order chi connectivity index (χ0) is 35.0. The summed E-state index contributed by atoms with van der Waals surface area (Å²) < 4.78 is 86.1. The number of pyridine rings is 1. The molecular formula is C34H37F6N5O2S. The Morgan fingerprint density at radius 1 is 1.06 bits per heavy atom. The second-order valence-electron chi connectivity index (χ2n) is 12.6. The van der Waals surface area contributed by atoms with Gasteiger partial charge < -0.3 is 20.7 Å². The van der Waals surface area contributed by atoms with Crippen LogP contribution < -0.4 is 20.7 Å². The Morgan fingerprint density at radius 2 is 1.75 bits per heavy atom. The fourth-order valence-electron chi connectivity index (χ4n) is 6.76. The van der Waals surface area contributed by atoms with Gasteiger partial charge in [-0.05, 0) is 97.4 Å². The van der Waals surface area contributed by atoms with Crippen molar-refractivity contribution in [2.24, 2.45) is 17.8 Å². The summed E-state index contributed by atoms with van der Waals surface area (Å²) >= 11 is 5.31. The molecule has 1 aromatic heterocycles. The highest BCUT2D eigenvalue weighted by molar-refractivity contribution is 7.80. The third-order valence-corrected chi connectivity index (χ3v) is 9.46. The number of nitrogens with zero attached hydrogens (tertiary/aromatic N) is 2. The average Bonchev–Trinajstić information content (AvgIpc) is 3.04. The van der Waals surface area contributed by atoms with Gasteiger partial charge in [0, 0.05) is 29.9 Å². The van der Waals surface area contributed by atoms with Gasteiger partial charge in [0.1, 0.15) is 11.8 Å². The fourth-order valence-corrected chi connectivity index (χ4v) is 7.01. The quantitative estimate of drug-likeness (QED) is 0.123. The molecule has 6 atom stereocenters. The molecule has 0 radical (unpaired) electrons. The minimum absolute atomic E-state index is 0.0375. The number of benzene rings is 2. The number of halogens is 6. The van der Waals surface area contributed by atoms with Gasteiger partial charge in [-0.1, -0.05) is 19.9 Å². The summed E-state index contributed by atoms with van der Waals surface area (Å²) in [5.74, 6) is 0.544. The molecule has 48 heavy (non-hydrogen) atoms. The van der Waals surface area contributed by atoms with Gasteiger partial charge in [-0.15, -0.1) is 6.58 Å². The third kappa shape index (κ3) is 7.70. The predicted octanol–water partition coefficient (Wildman–Crippen LogP) is 7.35. The van der Waals surface area contributed by atoms with Crippen LogP contribution in [-0.2, 0) is 17.1 Å². The van der Waals surface area contributed by atoms with E-state index in [0.717, 1.165) is 42.4 Å². The highest BCUT2D eigenvalue weighted by atomic mass is 32.1. The number of ether oxygens (including phenoxy) is 1. The highest BCUT2D eigenvalue weighted by Gasteiger charge is 2.44. The van der Waals surface area contributed by atoms with Gasteiger partial charge in [0.15, 0.2) is 5.11 Å². The van der Waals surface area contributed by atoms with Crippen LogP contribution in [0.4, 0.5) is 32.0 Å². The molecule has 2 bridgehead atoms. The Morgan fingerprint density at radius 3 is 2.31 bits per heavy atom. The summed E-state index contributed by atoms with van der Waals surface area (Å²) in [6.07, 6.45) is -4.55. The molecule has 3 aliphatic rings. The lowest BCUT2D eigenvalue weighted by Gasteiger charge is -2.52. The Kier molecular flexibility index (Phi) is 10.3. The lowest BCUT2D eigenvalue weighted by Crippen LogP contribution is -2.59. The van der Waals surface area contributed by atoms with Crippen molar-refractivity contribution < 1.29 is 35.9 Å². The molecule has 2 aromatic carbocycles. The maximum Gasteiger partial charge on any atom is 0.416 e. The number of aromatic nitrogens is 1. The topological polar surface area (TPSA) is 78.5 Å². The van der Waals surface area contributed by atoms with Crippen LogP contribution in [0, 0.1) is 17.8 Å². The summed E-state index contributed by atoms with van der Waals surface area (Å²) in [6, 6.07) is 6.97. The van der Waals surface area contributed by atoms with Crippen molar-refractivity contribution in [1.29, 1.82) is 0 Å². The smallest absolute Gasteiger partial charge is 0.416 e. The molecule has 258 valence electrons. The maximum absolute atomic E-state index is 14.1. The van der Waals surface area contributed by atoms with E-state index in [0.29, 0.717) is 29.7 Å². The molecule has 3 aromatic rings. The molecule has 3 aliphatic heterocycles. The zero-order valence-electron chi connectivity index (χ0n) is 26.6. The van der Waals surface area contributed by atoms with Crippen LogP contribution in [0.3, 0.4) is 0 Å². The van der Waals surface area contributed by atoms with Crippen molar-refractivity contribution in [3.8, 4) is 5.75 Å². The van der Waals surface area contributed by atoms with Crippen LogP contribution in [0.1, 0.15) is 49.4 Å². The van der Waals surface area contributed by atoms with Crippen molar-refractivity contribution in [1.82, 2.24) is 20.5 Å². The largest absolute Gasteiger partial charge is 0.497 e. The maximum atomic E-state index is 14.1. The molecule has 3 N–H and O–H groups in total. The van der Waals surface area contributed by atoms with Gasteiger partial charge in [-0.2, -0.15) is 26.3 Å². The van der Waals surface area contributed by atoms with Crippen molar-refractivity contribution in [3.63, 3.8) is 0 Å². The van der Waals surface area contributed by atoms with Crippen molar-refractivity contribution in [2.75, 3.05) is 25.5 Å². The number of anilines is 1. The lowest BCUT2D eigenvalue weighted by molar-refractivity contribution is -0.143. The van der Waals surface area contributed by atoms with E-state index in [1.807, 2.05) is 30.3 Å². The fraction of sp³-hybridized carbons (Fsp3) is 0.441. The Bertz CT molecular complexity index is 1650. The normalized spacial score (nSPS) is 22.2. The van der Waals surface area contributed by atoms with Gasteiger partial charge in [0.25, 0.3) is 0 Å². The summed E-state index contributed by atoms with van der Waals surface area (Å²) in [5.41, 5.74) is -1.93. The molecule has 6 rings (SSSR count). The summed E-state index contributed by atoms with van der Waals surface area (Å²) in [6.45, 7) is 9.19. The van der Waals surface area contributed by atoms with E-state index in [1.54, 1.807) is 27.2 Å². The first kappa shape index (κ1) is 35.4. The van der Waals surface area contributed by atoms with E-state index in [-0.39, 0.29) is 23.1 Å². The lowest BCUT2D eigenvalue weighted by atomic mass is 9.73. The van der Waals surface area contributed by atoms with Crippen LogP contribution in [0.2, 0.25) is 0 Å². The molecule has 0 aliphatic carbocycles. The number of fused-ring (bicyclic) bond motifs is 4. The SMILES string of the molecule is C=CC1CN2CCC1C[C@H]2[C@@H](NC(=O)[C@@H](NC(=S)Nc1cc(C(F)(F)F)cc(C(F)(F)F)c1)C(C)C)c1ccnc2ccc(OC)cc12. The first-order valence-electron chi connectivity index (χ1n) is 15.6. The van der Waals surface area contributed by atoms with Crippen LogP contribution >= 0.6 is 12.2 Å². The molecule has 0 saturated carbocycles. The van der Waals surface area contributed by atoms with Gasteiger partial charge >= 0.3 is 12.4 Å². The highest BCUT2D eigenvalue weighted by Crippen LogP contribution is 2.43. The number of amides is 1. The molecular weight excluding hydrogens is 656 g/mol. The van der Waals surface area contributed by atoms with Crippen LogP contribution in [-0.4, -0.2) is 53.2 Å². The third-order valence-electron chi connectivity index (χ3n) is 9.24. The standard InChI is InChI=1S/C34H37F6N5O2S/c1-5-19-17-45-11-9-20(19)12-28(45)30(25-8-10-41-27-7-6-24(47-4)16-26(25)27)43-31(46)29(18(2)3)44-32(48)42-23-14-21(33(35,36)37)13-22(15-23)34(38,39)40/h5-8,10,13-16,18-20,28-30H,1,9,11-12,17H2,2-4H3,(H,43,46)(H2,42,44,48)/t19?,20?,28-,29-,30-/m0/s1. The van der Waals surface area contributed by atoms with Crippen LogP contribution in [0.5, 0.6) is 5.75 Å². The monoisotopic (exact) mass is 693 g/mol. The average molecular weight is 694 g/mol. The minimum Gasteiger partial charge on any atom is -0.497 e. The number of carbonyl (C=O) groups is 1. The van der Waals surface area contributed by atoms with Crippen LogP contribution in [0.15, 0.2) is 61.3 Å². The van der Waals surface area contributed by atoms with Crippen molar-refractivity contribution >= 4 is 39.8 Å². The molecule has 7 nitrogen and oxygen atoms in total. The first-order chi connectivity index (χ1) is 22.6. The summed E-state index contributed by atoms with van der Waals surface area (Å²) in [5, 5.41) is 9.00. The van der Waals surface area contributed by atoms with E-state index < -0.39 is 47.2 Å². The number of methoxy groups -OCH3 is 1. The summed E-state index contributed by atoms with van der Waals surface area (Å²) in [7, 11) is 1.57. The van der Waals surface area contributed by atoms with E-state index in [4.69, 9.17) is 17.0 Å². The minimum atomic E-state index is -5.02. The molecule has 1 amide bonds. The Balaban J connectivity index is 1.44. The Labute approximate surface area is 280 Å². The second-order valence-corrected chi connectivity index (χ2v) is 13.0. The zero-order valence-corrected chi connectivity index (χ0v) is 27.4. The molecule has 4 heterocycles. The number of thiocarbonyl (C=S) groups is 1. The van der Waals surface area contributed by atoms with Gasteiger partial charge in [-0.3, -0.25) is 14.7 Å². The Hall–Kier alpha value is -3.91. The van der Waals surface area contributed by atoms with Gasteiger partial charge in [0.05, 0.1) is 29.8 Å². The number of nitrogens with one attached hydrogen (secondary N) is 3. The van der Waals surface area contributed by atoms with Crippen molar-refractivity contribution in [3.05, 3.63) is 78.0 Å². The molecule has 0 spiro atoms. The molecule has 14 heteroatoms. The molecule has 3 unspecified atom stereocenters. The van der Waals surface area contributed by atoms with Gasteiger partial charge in [-0.25, -0.2) is 0 Å².